The van der Waals surface area contributed by atoms with E-state index in [-0.39, 0.29) is 11.8 Å². The zero-order chi connectivity index (χ0) is 16.7. The van der Waals surface area contributed by atoms with Crippen LogP contribution in [0.3, 0.4) is 0 Å². The lowest BCUT2D eigenvalue weighted by Crippen LogP contribution is -2.42. The number of hydrogen-bond donors (Lipinski definition) is 1. The van der Waals surface area contributed by atoms with Gasteiger partial charge in [0.05, 0.1) is 5.56 Å². The minimum absolute atomic E-state index is 0.0354. The van der Waals surface area contributed by atoms with Crippen molar-refractivity contribution in [3.63, 3.8) is 0 Å². The lowest BCUT2D eigenvalue weighted by atomic mass is 10.0. The standard InChI is InChI=1S/C19H26N2O2/c1-14(2)18(23-17-10-6-5-9-16(17)13-20)19(22)21-12-11-15-7-3-4-8-15/h5-6,9-10,14-15,18H,3-4,7-8,11-12H2,1-2H3,(H,21,22). The Balaban J connectivity index is 1.91. The molecule has 1 aromatic carbocycles. The summed E-state index contributed by atoms with van der Waals surface area (Å²) in [5.41, 5.74) is 0.455. The van der Waals surface area contributed by atoms with Crippen LogP contribution in [-0.2, 0) is 4.79 Å². The molecule has 1 saturated carbocycles. The number of nitrogens with zero attached hydrogens (tertiary/aromatic N) is 1. The van der Waals surface area contributed by atoms with Gasteiger partial charge >= 0.3 is 0 Å². The van der Waals surface area contributed by atoms with Crippen molar-refractivity contribution in [3.05, 3.63) is 29.8 Å². The molecule has 1 atom stereocenters. The third-order valence-corrected chi connectivity index (χ3v) is 4.45. The molecule has 0 bridgehead atoms. The second-order valence-corrected chi connectivity index (χ2v) is 6.62. The number of rotatable bonds is 7. The number of para-hydroxylation sites is 1. The van der Waals surface area contributed by atoms with E-state index in [1.807, 2.05) is 19.9 Å². The molecule has 1 aliphatic carbocycles. The van der Waals surface area contributed by atoms with Gasteiger partial charge in [-0.15, -0.1) is 0 Å². The van der Waals surface area contributed by atoms with Gasteiger partial charge in [0.15, 0.2) is 6.10 Å². The van der Waals surface area contributed by atoms with Crippen LogP contribution in [0.1, 0.15) is 51.5 Å². The smallest absolute Gasteiger partial charge is 0.261 e. The van der Waals surface area contributed by atoms with Crippen molar-refractivity contribution in [1.29, 1.82) is 5.26 Å². The van der Waals surface area contributed by atoms with Crippen LogP contribution < -0.4 is 10.1 Å². The number of carbonyl (C=O) groups is 1. The second-order valence-electron chi connectivity index (χ2n) is 6.62. The maximum atomic E-state index is 12.4. The molecule has 1 aromatic rings. The summed E-state index contributed by atoms with van der Waals surface area (Å²) in [7, 11) is 0. The highest BCUT2D eigenvalue weighted by molar-refractivity contribution is 5.81. The first-order valence-electron chi connectivity index (χ1n) is 8.55. The molecule has 2 rings (SSSR count). The van der Waals surface area contributed by atoms with Gasteiger partial charge in [-0.2, -0.15) is 5.26 Å². The van der Waals surface area contributed by atoms with Gasteiger partial charge in [0.2, 0.25) is 0 Å². The van der Waals surface area contributed by atoms with Gasteiger partial charge in [-0.1, -0.05) is 51.7 Å². The Morgan fingerprint density at radius 2 is 2.04 bits per heavy atom. The fourth-order valence-electron chi connectivity index (χ4n) is 3.09. The maximum Gasteiger partial charge on any atom is 0.261 e. The molecule has 0 aromatic heterocycles. The summed E-state index contributed by atoms with van der Waals surface area (Å²) in [5, 5.41) is 12.1. The lowest BCUT2D eigenvalue weighted by molar-refractivity contribution is -0.129. The van der Waals surface area contributed by atoms with Gasteiger partial charge in [0, 0.05) is 6.54 Å². The molecule has 1 amide bonds. The van der Waals surface area contributed by atoms with E-state index in [4.69, 9.17) is 10.00 Å². The van der Waals surface area contributed by atoms with Crippen LogP contribution in [0.2, 0.25) is 0 Å². The van der Waals surface area contributed by atoms with Crippen LogP contribution in [0.15, 0.2) is 24.3 Å². The zero-order valence-corrected chi connectivity index (χ0v) is 14.0. The summed E-state index contributed by atoms with van der Waals surface area (Å²) in [5.74, 6) is 1.17. The van der Waals surface area contributed by atoms with E-state index in [0.29, 0.717) is 17.9 Å². The number of nitriles is 1. The minimum atomic E-state index is -0.576. The van der Waals surface area contributed by atoms with E-state index in [1.54, 1.807) is 18.2 Å². The molecule has 1 aliphatic rings. The highest BCUT2D eigenvalue weighted by atomic mass is 16.5. The summed E-state index contributed by atoms with van der Waals surface area (Å²) >= 11 is 0. The normalized spacial score (nSPS) is 16.1. The number of amides is 1. The summed E-state index contributed by atoms with van der Waals surface area (Å²) < 4.78 is 5.85. The SMILES string of the molecule is CC(C)C(Oc1ccccc1C#N)C(=O)NCCC1CCCC1. The van der Waals surface area contributed by atoms with E-state index < -0.39 is 6.10 Å². The molecular weight excluding hydrogens is 288 g/mol. The Kier molecular flexibility index (Phi) is 6.46. The van der Waals surface area contributed by atoms with Crippen molar-refractivity contribution < 1.29 is 9.53 Å². The summed E-state index contributed by atoms with van der Waals surface area (Å²) in [4.78, 5) is 12.4. The van der Waals surface area contributed by atoms with Crippen molar-refractivity contribution in [2.75, 3.05) is 6.54 Å². The predicted molar refractivity (Wildman–Crippen MR) is 90.0 cm³/mol. The first kappa shape index (κ1) is 17.3. The van der Waals surface area contributed by atoms with Crippen molar-refractivity contribution in [1.82, 2.24) is 5.32 Å². The van der Waals surface area contributed by atoms with Gasteiger partial charge < -0.3 is 10.1 Å². The van der Waals surface area contributed by atoms with Crippen LogP contribution in [-0.4, -0.2) is 18.6 Å². The average Bonchev–Trinajstić information content (AvgIpc) is 3.05. The van der Waals surface area contributed by atoms with Crippen molar-refractivity contribution in [2.24, 2.45) is 11.8 Å². The quantitative estimate of drug-likeness (QED) is 0.835. The average molecular weight is 314 g/mol. The molecule has 0 saturated heterocycles. The molecule has 4 heteroatoms. The summed E-state index contributed by atoms with van der Waals surface area (Å²) in [6.45, 7) is 4.61. The number of nitrogens with one attached hydrogen (secondary N) is 1. The van der Waals surface area contributed by atoms with Crippen LogP contribution in [0, 0.1) is 23.2 Å². The summed E-state index contributed by atoms with van der Waals surface area (Å²) in [6.07, 6.45) is 5.69. The van der Waals surface area contributed by atoms with Crippen LogP contribution in [0.25, 0.3) is 0 Å². The first-order chi connectivity index (χ1) is 11.1. The second kappa shape index (κ2) is 8.57. The molecule has 1 fully saturated rings. The fraction of sp³-hybridized carbons (Fsp3) is 0.579. The minimum Gasteiger partial charge on any atom is -0.479 e. The third kappa shape index (κ3) is 4.99. The maximum absolute atomic E-state index is 12.4. The third-order valence-electron chi connectivity index (χ3n) is 4.45. The fourth-order valence-corrected chi connectivity index (χ4v) is 3.09. The molecule has 0 heterocycles. The molecule has 1 N–H and O–H groups in total. The van der Waals surface area contributed by atoms with E-state index in [2.05, 4.69) is 11.4 Å². The molecule has 4 nitrogen and oxygen atoms in total. The molecule has 0 radical (unpaired) electrons. The molecular formula is C19H26N2O2. The number of hydrogen-bond acceptors (Lipinski definition) is 3. The Labute approximate surface area is 138 Å². The lowest BCUT2D eigenvalue weighted by Gasteiger charge is -2.22. The van der Waals surface area contributed by atoms with Crippen molar-refractivity contribution >= 4 is 5.91 Å². The Bertz CT molecular complexity index is 557. The molecule has 124 valence electrons. The van der Waals surface area contributed by atoms with Crippen LogP contribution in [0.4, 0.5) is 0 Å². The molecule has 0 spiro atoms. The molecule has 23 heavy (non-hydrogen) atoms. The van der Waals surface area contributed by atoms with Crippen molar-refractivity contribution in [3.8, 4) is 11.8 Å². The topological polar surface area (TPSA) is 62.1 Å². The predicted octanol–water partition coefficient (Wildman–Crippen LogP) is 3.66. The molecule has 0 aliphatic heterocycles. The van der Waals surface area contributed by atoms with E-state index in [0.717, 1.165) is 12.3 Å². The number of benzene rings is 1. The van der Waals surface area contributed by atoms with E-state index >= 15 is 0 Å². The number of carbonyl (C=O) groups excluding carboxylic acids is 1. The van der Waals surface area contributed by atoms with Crippen LogP contribution >= 0.6 is 0 Å². The van der Waals surface area contributed by atoms with E-state index in [1.165, 1.54) is 25.7 Å². The van der Waals surface area contributed by atoms with Gasteiger partial charge in [0.25, 0.3) is 5.91 Å². The zero-order valence-electron chi connectivity index (χ0n) is 14.0. The largest absolute Gasteiger partial charge is 0.479 e. The highest BCUT2D eigenvalue weighted by Crippen LogP contribution is 2.27. The van der Waals surface area contributed by atoms with E-state index in [9.17, 15) is 4.79 Å². The first-order valence-corrected chi connectivity index (χ1v) is 8.55. The Hall–Kier alpha value is -2.02. The van der Waals surface area contributed by atoms with Gasteiger partial charge in [0.1, 0.15) is 11.8 Å². The Morgan fingerprint density at radius 1 is 1.35 bits per heavy atom. The number of ether oxygens (including phenoxy) is 1. The van der Waals surface area contributed by atoms with Crippen molar-refractivity contribution in [2.45, 2.75) is 52.1 Å². The van der Waals surface area contributed by atoms with Gasteiger partial charge in [-0.3, -0.25) is 4.79 Å². The molecule has 1 unspecified atom stereocenters. The Morgan fingerprint density at radius 3 is 2.70 bits per heavy atom. The van der Waals surface area contributed by atoms with Gasteiger partial charge in [-0.25, -0.2) is 0 Å². The summed E-state index contributed by atoms with van der Waals surface area (Å²) in [6, 6.07) is 9.14. The van der Waals surface area contributed by atoms with Gasteiger partial charge in [-0.05, 0) is 30.4 Å². The highest BCUT2D eigenvalue weighted by Gasteiger charge is 2.25. The monoisotopic (exact) mass is 314 g/mol. The van der Waals surface area contributed by atoms with Crippen LogP contribution in [0.5, 0.6) is 5.75 Å².